The molecule has 0 fully saturated rings. The van der Waals surface area contributed by atoms with Crippen LogP contribution in [0.25, 0.3) is 0 Å². The van der Waals surface area contributed by atoms with Crippen molar-refractivity contribution < 1.29 is 9.57 Å². The summed E-state index contributed by atoms with van der Waals surface area (Å²) in [5.74, 6) is 0. The predicted molar refractivity (Wildman–Crippen MR) is 100 cm³/mol. The number of rotatable bonds is 5. The fourth-order valence-corrected chi connectivity index (χ4v) is 4.09. The number of aryl methyl sites for hydroxylation is 2. The summed E-state index contributed by atoms with van der Waals surface area (Å²) in [5, 5.41) is 4.36. The van der Waals surface area contributed by atoms with Crippen LogP contribution in [-0.2, 0) is 16.2 Å². The van der Waals surface area contributed by atoms with Gasteiger partial charge in [0, 0.05) is 11.3 Å². The van der Waals surface area contributed by atoms with Crippen molar-refractivity contribution in [1.29, 1.82) is 0 Å². The molecule has 0 N–H and O–H groups in total. The summed E-state index contributed by atoms with van der Waals surface area (Å²) < 4.78 is 5.94. The van der Waals surface area contributed by atoms with Crippen molar-refractivity contribution in [1.82, 2.24) is 0 Å². The van der Waals surface area contributed by atoms with Gasteiger partial charge in [0.2, 0.25) is 0 Å². The van der Waals surface area contributed by atoms with Crippen LogP contribution >= 0.6 is 11.3 Å². The zero-order valence-corrected chi connectivity index (χ0v) is 15.9. The van der Waals surface area contributed by atoms with Gasteiger partial charge in [-0.1, -0.05) is 29.4 Å². The SMILES string of the molecule is Cc1ccccc1COCC1(C)CC(c2sc(C)c(C)c2C)=NO1. The van der Waals surface area contributed by atoms with Crippen LogP contribution in [0.2, 0.25) is 0 Å². The van der Waals surface area contributed by atoms with Gasteiger partial charge in [0.25, 0.3) is 0 Å². The Labute approximate surface area is 148 Å². The highest BCUT2D eigenvalue weighted by atomic mass is 32.1. The van der Waals surface area contributed by atoms with Crippen LogP contribution in [0, 0.1) is 27.7 Å². The average Bonchev–Trinajstić information content (AvgIpc) is 3.05. The number of ether oxygens (including phenoxy) is 1. The molecule has 3 rings (SSSR count). The zero-order valence-electron chi connectivity index (χ0n) is 15.1. The molecule has 3 nitrogen and oxygen atoms in total. The summed E-state index contributed by atoms with van der Waals surface area (Å²) in [6, 6.07) is 8.31. The molecule has 0 amide bonds. The number of hydrogen-bond donors (Lipinski definition) is 0. The lowest BCUT2D eigenvalue weighted by Gasteiger charge is -2.21. The summed E-state index contributed by atoms with van der Waals surface area (Å²) >= 11 is 1.81. The Morgan fingerprint density at radius 3 is 2.58 bits per heavy atom. The highest BCUT2D eigenvalue weighted by molar-refractivity contribution is 7.14. The van der Waals surface area contributed by atoms with Crippen molar-refractivity contribution in [2.75, 3.05) is 6.61 Å². The number of benzene rings is 1. The van der Waals surface area contributed by atoms with E-state index in [-0.39, 0.29) is 5.60 Å². The van der Waals surface area contributed by atoms with Crippen molar-refractivity contribution in [3.05, 3.63) is 56.3 Å². The van der Waals surface area contributed by atoms with Crippen LogP contribution in [0.3, 0.4) is 0 Å². The summed E-state index contributed by atoms with van der Waals surface area (Å²) in [4.78, 5) is 8.36. The second-order valence-corrected chi connectivity index (χ2v) is 8.14. The fourth-order valence-electron chi connectivity index (χ4n) is 2.95. The summed E-state index contributed by atoms with van der Waals surface area (Å²) in [6.07, 6.45) is 0.793. The molecule has 128 valence electrons. The van der Waals surface area contributed by atoms with Crippen LogP contribution in [0.5, 0.6) is 0 Å². The largest absolute Gasteiger partial charge is 0.386 e. The van der Waals surface area contributed by atoms with Crippen molar-refractivity contribution in [3.63, 3.8) is 0 Å². The lowest BCUT2D eigenvalue weighted by Crippen LogP contribution is -2.31. The predicted octanol–water partition coefficient (Wildman–Crippen LogP) is 5.08. The van der Waals surface area contributed by atoms with E-state index >= 15 is 0 Å². The Morgan fingerprint density at radius 2 is 1.92 bits per heavy atom. The third-order valence-electron chi connectivity index (χ3n) is 4.79. The minimum absolute atomic E-state index is 0.379. The van der Waals surface area contributed by atoms with Crippen molar-refractivity contribution in [2.45, 2.75) is 53.2 Å². The fraction of sp³-hybridized carbons (Fsp3) is 0.450. The maximum Gasteiger partial charge on any atom is 0.163 e. The Kier molecular flexibility index (Phi) is 4.79. The first-order valence-corrected chi connectivity index (χ1v) is 9.15. The molecule has 1 aromatic heterocycles. The maximum absolute atomic E-state index is 5.94. The first kappa shape index (κ1) is 17.2. The number of thiophene rings is 1. The van der Waals surface area contributed by atoms with Crippen LogP contribution in [0.4, 0.5) is 0 Å². The molecule has 1 aromatic carbocycles. The normalized spacial score (nSPS) is 20.1. The van der Waals surface area contributed by atoms with Gasteiger partial charge >= 0.3 is 0 Å². The highest BCUT2D eigenvalue weighted by Crippen LogP contribution is 2.34. The quantitative estimate of drug-likeness (QED) is 0.758. The van der Waals surface area contributed by atoms with E-state index in [9.17, 15) is 0 Å². The van der Waals surface area contributed by atoms with E-state index < -0.39 is 0 Å². The third kappa shape index (κ3) is 3.40. The van der Waals surface area contributed by atoms with Gasteiger partial charge in [0.15, 0.2) is 5.60 Å². The summed E-state index contributed by atoms with van der Waals surface area (Å²) in [7, 11) is 0. The molecule has 0 bridgehead atoms. The summed E-state index contributed by atoms with van der Waals surface area (Å²) in [5.41, 5.74) is 5.84. The van der Waals surface area contributed by atoms with Gasteiger partial charge in [-0.05, 0) is 56.9 Å². The van der Waals surface area contributed by atoms with Crippen molar-refractivity contribution in [3.8, 4) is 0 Å². The molecule has 4 heteroatoms. The molecule has 1 aliphatic rings. The molecule has 2 heterocycles. The molecule has 0 saturated heterocycles. The highest BCUT2D eigenvalue weighted by Gasteiger charge is 2.36. The van der Waals surface area contributed by atoms with E-state index in [0.29, 0.717) is 13.2 Å². The smallest absolute Gasteiger partial charge is 0.163 e. The third-order valence-corrected chi connectivity index (χ3v) is 6.15. The molecule has 0 spiro atoms. The lowest BCUT2D eigenvalue weighted by molar-refractivity contribution is -0.0710. The molecule has 0 aliphatic carbocycles. The van der Waals surface area contributed by atoms with E-state index in [1.165, 1.54) is 32.0 Å². The number of oxime groups is 1. The standard InChI is InChI=1S/C20H25NO2S/c1-13-8-6-7-9-17(13)11-22-12-20(5)10-18(21-23-20)19-15(3)14(2)16(4)24-19/h6-9H,10-12H2,1-5H3. The Bertz CT molecular complexity index is 778. The van der Waals surface area contributed by atoms with E-state index in [1.54, 1.807) is 0 Å². The van der Waals surface area contributed by atoms with Gasteiger partial charge in [-0.2, -0.15) is 0 Å². The topological polar surface area (TPSA) is 30.8 Å². The lowest BCUT2D eigenvalue weighted by atomic mass is 9.98. The molecule has 24 heavy (non-hydrogen) atoms. The van der Waals surface area contributed by atoms with Crippen LogP contribution in [0.1, 0.15) is 45.4 Å². The van der Waals surface area contributed by atoms with Gasteiger partial charge in [0.05, 0.1) is 18.1 Å². The van der Waals surface area contributed by atoms with E-state index in [4.69, 9.17) is 9.57 Å². The van der Waals surface area contributed by atoms with Gasteiger partial charge in [-0.15, -0.1) is 11.3 Å². The average molecular weight is 343 g/mol. The first-order valence-electron chi connectivity index (χ1n) is 8.34. The van der Waals surface area contributed by atoms with Crippen LogP contribution < -0.4 is 0 Å². The van der Waals surface area contributed by atoms with Gasteiger partial charge in [-0.3, -0.25) is 0 Å². The Hall–Kier alpha value is -1.65. The second-order valence-electron chi connectivity index (χ2n) is 6.91. The maximum atomic E-state index is 5.94. The molecule has 1 atom stereocenters. The van der Waals surface area contributed by atoms with Gasteiger partial charge in [0.1, 0.15) is 5.71 Å². The minimum Gasteiger partial charge on any atom is -0.386 e. The second kappa shape index (κ2) is 6.69. The number of nitrogens with zero attached hydrogens (tertiary/aromatic N) is 1. The van der Waals surface area contributed by atoms with E-state index in [2.05, 4.69) is 51.9 Å². The zero-order chi connectivity index (χ0) is 17.3. The molecular weight excluding hydrogens is 318 g/mol. The first-order chi connectivity index (χ1) is 11.4. The van der Waals surface area contributed by atoms with Gasteiger partial charge in [-0.25, -0.2) is 0 Å². The Morgan fingerprint density at radius 1 is 1.17 bits per heavy atom. The molecule has 2 aromatic rings. The Balaban J connectivity index is 1.61. The molecular formula is C20H25NO2S. The molecule has 1 aliphatic heterocycles. The van der Waals surface area contributed by atoms with Crippen LogP contribution in [0.15, 0.2) is 29.4 Å². The van der Waals surface area contributed by atoms with Crippen molar-refractivity contribution >= 4 is 17.0 Å². The molecule has 0 radical (unpaired) electrons. The minimum atomic E-state index is -0.379. The summed E-state index contributed by atoms with van der Waals surface area (Å²) in [6.45, 7) is 11.8. The van der Waals surface area contributed by atoms with Gasteiger partial charge < -0.3 is 9.57 Å². The molecule has 1 unspecified atom stereocenters. The van der Waals surface area contributed by atoms with E-state index in [1.807, 2.05) is 23.5 Å². The monoisotopic (exact) mass is 343 g/mol. The number of hydrogen-bond acceptors (Lipinski definition) is 4. The van der Waals surface area contributed by atoms with Crippen LogP contribution in [-0.4, -0.2) is 17.9 Å². The molecule has 0 saturated carbocycles. The van der Waals surface area contributed by atoms with Crippen molar-refractivity contribution in [2.24, 2.45) is 5.16 Å². The van der Waals surface area contributed by atoms with E-state index in [0.717, 1.165) is 12.1 Å².